The number of methoxy groups -OCH3 is 1. The maximum Gasteiger partial charge on any atom is 0.191 e. The van der Waals surface area contributed by atoms with Crippen molar-refractivity contribution in [2.45, 2.75) is 24.8 Å². The summed E-state index contributed by atoms with van der Waals surface area (Å²) in [5.41, 5.74) is 0.784. The summed E-state index contributed by atoms with van der Waals surface area (Å²) in [4.78, 5) is 5.28. The minimum absolute atomic E-state index is 0. The maximum atomic E-state index is 13.9. The highest BCUT2D eigenvalue weighted by Crippen LogP contribution is 2.21. The van der Waals surface area contributed by atoms with Crippen LogP contribution in [0.2, 0.25) is 0 Å². The minimum atomic E-state index is -1.09. The van der Waals surface area contributed by atoms with Crippen LogP contribution in [0.5, 0.6) is 5.75 Å². The van der Waals surface area contributed by atoms with Gasteiger partial charge in [0.15, 0.2) is 17.5 Å². The molecule has 2 N–H and O–H groups in total. The van der Waals surface area contributed by atoms with E-state index in [1.165, 1.54) is 13.2 Å². The van der Waals surface area contributed by atoms with Gasteiger partial charge < -0.3 is 15.4 Å². The van der Waals surface area contributed by atoms with Crippen molar-refractivity contribution in [2.24, 2.45) is 4.99 Å². The van der Waals surface area contributed by atoms with Crippen LogP contribution >= 0.6 is 24.0 Å². The van der Waals surface area contributed by atoms with Crippen LogP contribution < -0.4 is 15.4 Å². The molecular formula is C20H27FIN3O2S. The van der Waals surface area contributed by atoms with Gasteiger partial charge in [-0.1, -0.05) is 24.3 Å². The van der Waals surface area contributed by atoms with E-state index in [1.807, 2.05) is 50.2 Å². The molecule has 0 amide bonds. The van der Waals surface area contributed by atoms with Gasteiger partial charge in [0.05, 0.1) is 30.5 Å². The van der Waals surface area contributed by atoms with Crippen molar-refractivity contribution in [1.82, 2.24) is 10.6 Å². The molecule has 0 saturated heterocycles. The average Bonchev–Trinajstić information content (AvgIpc) is 2.68. The molecule has 28 heavy (non-hydrogen) atoms. The Morgan fingerprint density at radius 2 is 1.96 bits per heavy atom. The molecule has 0 spiro atoms. The van der Waals surface area contributed by atoms with E-state index in [9.17, 15) is 8.60 Å². The number of ether oxygens (including phenoxy) is 1. The molecule has 2 aromatic rings. The zero-order valence-corrected chi connectivity index (χ0v) is 19.4. The number of benzene rings is 2. The number of guanidine groups is 1. The third-order valence-electron chi connectivity index (χ3n) is 3.93. The fraction of sp³-hybridized carbons (Fsp3) is 0.350. The minimum Gasteiger partial charge on any atom is -0.494 e. The van der Waals surface area contributed by atoms with Crippen molar-refractivity contribution < 1.29 is 13.3 Å². The van der Waals surface area contributed by atoms with Gasteiger partial charge in [-0.05, 0) is 43.7 Å². The standard InChI is InChI=1S/C20H26FN3O2S.HI/c1-4-22-20(23-12-13-27(25)17-8-6-5-7-9-17)24-15(2)16-10-11-19(26-3)18(21)14-16;/h5-11,14-15H,4,12-13H2,1-3H3,(H2,22,23,24);1H. The monoisotopic (exact) mass is 519 g/mol. The normalized spacial score (nSPS) is 13.2. The highest BCUT2D eigenvalue weighted by atomic mass is 127. The Kier molecular flexibility index (Phi) is 11.1. The number of nitrogens with zero attached hydrogens (tertiary/aromatic N) is 1. The van der Waals surface area contributed by atoms with Crippen molar-refractivity contribution in [3.8, 4) is 5.75 Å². The van der Waals surface area contributed by atoms with Crippen LogP contribution in [0, 0.1) is 5.82 Å². The van der Waals surface area contributed by atoms with Gasteiger partial charge in [-0.25, -0.2) is 4.39 Å². The first-order valence-corrected chi connectivity index (χ1v) is 10.2. The Morgan fingerprint density at radius 3 is 2.57 bits per heavy atom. The fourth-order valence-corrected chi connectivity index (χ4v) is 3.44. The van der Waals surface area contributed by atoms with E-state index in [2.05, 4.69) is 15.6 Å². The molecule has 2 aromatic carbocycles. The van der Waals surface area contributed by atoms with Gasteiger partial charge >= 0.3 is 0 Å². The zero-order chi connectivity index (χ0) is 19.6. The van der Waals surface area contributed by atoms with Crippen LogP contribution in [0.4, 0.5) is 4.39 Å². The topological polar surface area (TPSA) is 62.7 Å². The summed E-state index contributed by atoms with van der Waals surface area (Å²) in [5.74, 6) is 0.858. The number of nitrogens with one attached hydrogen (secondary N) is 2. The lowest BCUT2D eigenvalue weighted by Gasteiger charge is -2.18. The summed E-state index contributed by atoms with van der Waals surface area (Å²) < 4.78 is 31.1. The van der Waals surface area contributed by atoms with E-state index in [-0.39, 0.29) is 35.8 Å². The van der Waals surface area contributed by atoms with Gasteiger partial charge in [0.25, 0.3) is 0 Å². The molecule has 154 valence electrons. The van der Waals surface area contributed by atoms with E-state index >= 15 is 0 Å². The van der Waals surface area contributed by atoms with E-state index in [4.69, 9.17) is 4.74 Å². The smallest absolute Gasteiger partial charge is 0.191 e. The summed E-state index contributed by atoms with van der Waals surface area (Å²) in [6.45, 7) is 5.01. The summed E-state index contributed by atoms with van der Waals surface area (Å²) >= 11 is 0. The lowest BCUT2D eigenvalue weighted by molar-refractivity contribution is 0.386. The summed E-state index contributed by atoms with van der Waals surface area (Å²) in [6, 6.07) is 14.1. The Labute approximate surface area is 185 Å². The van der Waals surface area contributed by atoms with Crippen LogP contribution in [-0.2, 0) is 10.8 Å². The van der Waals surface area contributed by atoms with Gasteiger partial charge in [-0.3, -0.25) is 9.20 Å². The lowest BCUT2D eigenvalue weighted by Crippen LogP contribution is -2.39. The second kappa shape index (κ2) is 12.7. The molecule has 5 nitrogen and oxygen atoms in total. The average molecular weight is 519 g/mol. The van der Waals surface area contributed by atoms with Gasteiger partial charge in [-0.15, -0.1) is 24.0 Å². The highest BCUT2D eigenvalue weighted by molar-refractivity contribution is 14.0. The summed E-state index contributed by atoms with van der Waals surface area (Å²) in [5, 5.41) is 6.40. The number of halogens is 2. The SMILES string of the molecule is CCNC(=NCCS(=O)c1ccccc1)NC(C)c1ccc(OC)c(F)c1.I. The predicted molar refractivity (Wildman–Crippen MR) is 124 cm³/mol. The molecule has 0 heterocycles. The second-order valence-corrected chi connectivity index (χ2v) is 7.45. The van der Waals surface area contributed by atoms with Crippen molar-refractivity contribution in [3.05, 3.63) is 59.9 Å². The molecule has 2 atom stereocenters. The van der Waals surface area contributed by atoms with Crippen LogP contribution in [-0.4, -0.2) is 36.1 Å². The van der Waals surface area contributed by atoms with Gasteiger partial charge in [0, 0.05) is 17.2 Å². The Bertz CT molecular complexity index is 790. The van der Waals surface area contributed by atoms with Crippen molar-refractivity contribution in [1.29, 1.82) is 0 Å². The number of hydrogen-bond donors (Lipinski definition) is 2. The molecule has 0 aromatic heterocycles. The van der Waals surface area contributed by atoms with Crippen LogP contribution in [0.25, 0.3) is 0 Å². The quantitative estimate of drug-likeness (QED) is 0.316. The molecule has 2 unspecified atom stereocenters. The number of rotatable bonds is 8. The zero-order valence-electron chi connectivity index (χ0n) is 16.3. The molecule has 0 aliphatic rings. The second-order valence-electron chi connectivity index (χ2n) is 5.88. The largest absolute Gasteiger partial charge is 0.494 e. The van der Waals surface area contributed by atoms with Crippen molar-refractivity contribution in [3.63, 3.8) is 0 Å². The molecular weight excluding hydrogens is 492 g/mol. The van der Waals surface area contributed by atoms with E-state index < -0.39 is 16.6 Å². The Morgan fingerprint density at radius 1 is 1.25 bits per heavy atom. The first-order chi connectivity index (χ1) is 13.0. The molecule has 0 fully saturated rings. The lowest BCUT2D eigenvalue weighted by atomic mass is 10.1. The summed E-state index contributed by atoms with van der Waals surface area (Å²) in [7, 11) is 0.354. The molecule has 0 radical (unpaired) electrons. The molecule has 0 aliphatic heterocycles. The first-order valence-electron chi connectivity index (χ1n) is 8.86. The van der Waals surface area contributed by atoms with E-state index in [0.717, 1.165) is 10.5 Å². The number of hydrogen-bond acceptors (Lipinski definition) is 3. The molecule has 0 saturated carbocycles. The van der Waals surface area contributed by atoms with E-state index in [0.29, 0.717) is 24.8 Å². The first kappa shape index (κ1) is 24.4. The predicted octanol–water partition coefficient (Wildman–Crippen LogP) is 3.88. The van der Waals surface area contributed by atoms with Crippen LogP contribution in [0.1, 0.15) is 25.5 Å². The third-order valence-corrected chi connectivity index (χ3v) is 5.28. The van der Waals surface area contributed by atoms with Crippen LogP contribution in [0.3, 0.4) is 0 Å². The van der Waals surface area contributed by atoms with Gasteiger partial charge in [0.1, 0.15) is 0 Å². The third kappa shape index (κ3) is 7.38. The highest BCUT2D eigenvalue weighted by Gasteiger charge is 2.11. The number of aliphatic imine (C=N–C) groups is 1. The van der Waals surface area contributed by atoms with Crippen molar-refractivity contribution in [2.75, 3.05) is 26.0 Å². The molecule has 0 aliphatic carbocycles. The molecule has 8 heteroatoms. The molecule has 0 bridgehead atoms. The molecule has 2 rings (SSSR count). The fourth-order valence-electron chi connectivity index (χ4n) is 2.49. The van der Waals surface area contributed by atoms with Gasteiger partial charge in [-0.2, -0.15) is 0 Å². The van der Waals surface area contributed by atoms with Crippen molar-refractivity contribution >= 4 is 40.7 Å². The maximum absolute atomic E-state index is 13.9. The van der Waals surface area contributed by atoms with Crippen LogP contribution in [0.15, 0.2) is 58.4 Å². The Balaban J connectivity index is 0.00000392. The van der Waals surface area contributed by atoms with Gasteiger partial charge in [0.2, 0.25) is 0 Å². The van der Waals surface area contributed by atoms with E-state index in [1.54, 1.807) is 6.07 Å². The Hall–Kier alpha value is -1.68. The summed E-state index contributed by atoms with van der Waals surface area (Å²) in [6.07, 6.45) is 0.